The number of para-hydroxylation sites is 1. The standard InChI is InChI=1S/C23H22N4O2.CH2O2/c1-28-21-4-2-3-17-5-6-19(26-22(17)21)23-25-11-12-27(23)20-15-29-14-18(20)13-16-7-9-24-10-8-16;2-1-3/h2-12,18,20H,13-15H2,1H3;1H,(H,2,3)/t18-,20-;/m1./s1. The van der Waals surface area contributed by atoms with E-state index in [9.17, 15) is 0 Å². The number of carbonyl (C=O) groups is 1. The lowest BCUT2D eigenvalue weighted by Crippen LogP contribution is -2.20. The Morgan fingerprint density at radius 3 is 2.75 bits per heavy atom. The molecule has 8 nitrogen and oxygen atoms in total. The molecular formula is C24H24N4O4. The first kappa shape index (κ1) is 21.5. The van der Waals surface area contributed by atoms with Gasteiger partial charge in [0.25, 0.3) is 6.47 Å². The van der Waals surface area contributed by atoms with Gasteiger partial charge in [0.1, 0.15) is 17.0 Å². The number of rotatable bonds is 5. The molecule has 0 bridgehead atoms. The van der Waals surface area contributed by atoms with Crippen LogP contribution in [-0.4, -0.2) is 51.4 Å². The molecule has 1 fully saturated rings. The molecule has 0 unspecified atom stereocenters. The monoisotopic (exact) mass is 432 g/mol. The first-order valence-corrected chi connectivity index (χ1v) is 10.3. The van der Waals surface area contributed by atoms with Crippen molar-refractivity contribution in [3.05, 3.63) is 72.8 Å². The largest absolute Gasteiger partial charge is 0.494 e. The maximum atomic E-state index is 8.36. The second-order valence-corrected chi connectivity index (χ2v) is 7.42. The zero-order chi connectivity index (χ0) is 22.3. The van der Waals surface area contributed by atoms with Gasteiger partial charge in [-0.25, -0.2) is 9.97 Å². The fourth-order valence-corrected chi connectivity index (χ4v) is 4.10. The summed E-state index contributed by atoms with van der Waals surface area (Å²) in [5.74, 6) is 2.00. The Labute approximate surface area is 185 Å². The predicted molar refractivity (Wildman–Crippen MR) is 119 cm³/mol. The van der Waals surface area contributed by atoms with Crippen molar-refractivity contribution in [1.29, 1.82) is 0 Å². The number of hydrogen-bond acceptors (Lipinski definition) is 6. The first-order chi connectivity index (χ1) is 15.7. The molecular weight excluding hydrogens is 408 g/mol. The number of aromatic nitrogens is 4. The smallest absolute Gasteiger partial charge is 0.290 e. The van der Waals surface area contributed by atoms with Crippen molar-refractivity contribution in [3.8, 4) is 17.3 Å². The third kappa shape index (κ3) is 4.45. The Bertz CT molecular complexity index is 1180. The van der Waals surface area contributed by atoms with Gasteiger partial charge in [-0.1, -0.05) is 18.2 Å². The van der Waals surface area contributed by atoms with E-state index in [1.165, 1.54) is 5.56 Å². The van der Waals surface area contributed by atoms with Gasteiger partial charge in [0.15, 0.2) is 5.82 Å². The normalized spacial score (nSPS) is 17.5. The number of fused-ring (bicyclic) bond motifs is 1. The number of hydrogen-bond donors (Lipinski definition) is 1. The Balaban J connectivity index is 0.000000775. The highest BCUT2D eigenvalue weighted by atomic mass is 16.5. The predicted octanol–water partition coefficient (Wildman–Crippen LogP) is 3.63. The van der Waals surface area contributed by atoms with Gasteiger partial charge in [0.05, 0.1) is 26.4 Å². The molecule has 0 saturated carbocycles. The van der Waals surface area contributed by atoms with E-state index >= 15 is 0 Å². The van der Waals surface area contributed by atoms with Crippen molar-refractivity contribution in [2.45, 2.75) is 12.5 Å². The van der Waals surface area contributed by atoms with Crippen LogP contribution in [0.3, 0.4) is 0 Å². The third-order valence-corrected chi connectivity index (χ3v) is 5.57. The molecule has 1 N–H and O–H groups in total. The summed E-state index contributed by atoms with van der Waals surface area (Å²) < 4.78 is 13.6. The van der Waals surface area contributed by atoms with Gasteiger partial charge < -0.3 is 19.1 Å². The Kier molecular flexibility index (Phi) is 6.72. The number of methoxy groups -OCH3 is 1. The summed E-state index contributed by atoms with van der Waals surface area (Å²) in [4.78, 5) is 22.0. The minimum atomic E-state index is -0.250. The van der Waals surface area contributed by atoms with Crippen LogP contribution in [0.15, 0.2) is 67.3 Å². The van der Waals surface area contributed by atoms with Gasteiger partial charge in [-0.15, -0.1) is 0 Å². The minimum absolute atomic E-state index is 0.218. The fraction of sp³-hybridized carbons (Fsp3) is 0.250. The van der Waals surface area contributed by atoms with Crippen LogP contribution in [0.5, 0.6) is 5.75 Å². The van der Waals surface area contributed by atoms with E-state index in [0.29, 0.717) is 12.5 Å². The van der Waals surface area contributed by atoms with Crippen LogP contribution in [-0.2, 0) is 16.0 Å². The molecule has 1 aromatic carbocycles. The number of benzene rings is 1. The van der Waals surface area contributed by atoms with Gasteiger partial charge in [0.2, 0.25) is 0 Å². The Morgan fingerprint density at radius 1 is 1.16 bits per heavy atom. The summed E-state index contributed by atoms with van der Waals surface area (Å²) in [6.45, 7) is 1.17. The maximum absolute atomic E-state index is 8.36. The summed E-state index contributed by atoms with van der Waals surface area (Å²) in [6, 6.07) is 14.4. The molecule has 4 aromatic rings. The molecule has 164 valence electrons. The van der Waals surface area contributed by atoms with E-state index in [2.05, 4.69) is 32.7 Å². The van der Waals surface area contributed by atoms with E-state index in [-0.39, 0.29) is 12.5 Å². The second kappa shape index (κ2) is 10.0. The number of imidazole rings is 1. The molecule has 5 rings (SSSR count). The molecule has 0 amide bonds. The minimum Gasteiger partial charge on any atom is -0.494 e. The molecule has 2 atom stereocenters. The van der Waals surface area contributed by atoms with Gasteiger partial charge in [-0.3, -0.25) is 9.78 Å². The first-order valence-electron chi connectivity index (χ1n) is 10.3. The van der Waals surface area contributed by atoms with Crippen LogP contribution in [0.4, 0.5) is 0 Å². The fourth-order valence-electron chi connectivity index (χ4n) is 4.10. The van der Waals surface area contributed by atoms with Gasteiger partial charge in [-0.2, -0.15) is 0 Å². The van der Waals surface area contributed by atoms with Crippen LogP contribution in [0.1, 0.15) is 11.6 Å². The summed E-state index contributed by atoms with van der Waals surface area (Å²) in [7, 11) is 1.67. The van der Waals surface area contributed by atoms with E-state index in [4.69, 9.17) is 24.4 Å². The molecule has 8 heteroatoms. The van der Waals surface area contributed by atoms with Crippen LogP contribution in [0, 0.1) is 5.92 Å². The van der Waals surface area contributed by atoms with Crippen molar-refractivity contribution in [1.82, 2.24) is 19.5 Å². The molecule has 1 aliphatic heterocycles. The summed E-state index contributed by atoms with van der Waals surface area (Å²) in [5.41, 5.74) is 2.95. The van der Waals surface area contributed by atoms with E-state index in [0.717, 1.165) is 41.2 Å². The quantitative estimate of drug-likeness (QED) is 0.481. The van der Waals surface area contributed by atoms with Crippen molar-refractivity contribution in [2.24, 2.45) is 5.92 Å². The van der Waals surface area contributed by atoms with Gasteiger partial charge >= 0.3 is 0 Å². The van der Waals surface area contributed by atoms with Gasteiger partial charge in [-0.05, 0) is 36.2 Å². The average Bonchev–Trinajstić information content (AvgIpc) is 3.49. The summed E-state index contributed by atoms with van der Waals surface area (Å²) in [6.07, 6.45) is 8.50. The lowest BCUT2D eigenvalue weighted by atomic mass is 9.95. The van der Waals surface area contributed by atoms with Gasteiger partial charge in [0, 0.05) is 36.1 Å². The number of nitrogens with zero attached hydrogens (tertiary/aromatic N) is 4. The lowest BCUT2D eigenvalue weighted by Gasteiger charge is -2.21. The Morgan fingerprint density at radius 2 is 1.97 bits per heavy atom. The van der Waals surface area contributed by atoms with Crippen molar-refractivity contribution < 1.29 is 19.4 Å². The Hall–Kier alpha value is -3.78. The molecule has 0 radical (unpaired) electrons. The molecule has 4 heterocycles. The highest BCUT2D eigenvalue weighted by Crippen LogP contribution is 2.33. The van der Waals surface area contributed by atoms with Crippen LogP contribution < -0.4 is 4.74 Å². The highest BCUT2D eigenvalue weighted by Gasteiger charge is 2.31. The topological polar surface area (TPSA) is 99.4 Å². The zero-order valence-electron chi connectivity index (χ0n) is 17.7. The molecule has 0 spiro atoms. The zero-order valence-corrected chi connectivity index (χ0v) is 17.7. The van der Waals surface area contributed by atoms with Crippen molar-refractivity contribution in [3.63, 3.8) is 0 Å². The lowest BCUT2D eigenvalue weighted by molar-refractivity contribution is -0.122. The van der Waals surface area contributed by atoms with E-state index in [1.54, 1.807) is 7.11 Å². The molecule has 0 aliphatic carbocycles. The third-order valence-electron chi connectivity index (χ3n) is 5.57. The summed E-state index contributed by atoms with van der Waals surface area (Å²) in [5, 5.41) is 7.94. The van der Waals surface area contributed by atoms with E-state index < -0.39 is 0 Å². The second-order valence-electron chi connectivity index (χ2n) is 7.42. The molecule has 1 saturated heterocycles. The van der Waals surface area contributed by atoms with Crippen LogP contribution in [0.25, 0.3) is 22.4 Å². The van der Waals surface area contributed by atoms with E-state index in [1.807, 2.05) is 49.1 Å². The maximum Gasteiger partial charge on any atom is 0.290 e. The van der Waals surface area contributed by atoms with Crippen molar-refractivity contribution in [2.75, 3.05) is 20.3 Å². The van der Waals surface area contributed by atoms with Crippen LogP contribution in [0.2, 0.25) is 0 Å². The SMILES string of the molecule is COc1cccc2ccc(-c3nccn3[C@@H]3COC[C@H]3Cc3ccncc3)nc12.O=CO. The van der Waals surface area contributed by atoms with Crippen molar-refractivity contribution >= 4 is 17.4 Å². The average molecular weight is 432 g/mol. The van der Waals surface area contributed by atoms with Crippen LogP contribution >= 0.6 is 0 Å². The molecule has 3 aromatic heterocycles. The number of carboxylic acid groups (broad SMARTS) is 1. The number of ether oxygens (including phenoxy) is 2. The number of pyridine rings is 2. The highest BCUT2D eigenvalue weighted by molar-refractivity contribution is 5.86. The molecule has 1 aliphatic rings. The summed E-state index contributed by atoms with van der Waals surface area (Å²) >= 11 is 0. The molecule has 32 heavy (non-hydrogen) atoms.